The second-order valence-corrected chi connectivity index (χ2v) is 4.92. The van der Waals surface area contributed by atoms with Gasteiger partial charge in [0.05, 0.1) is 7.11 Å². The summed E-state index contributed by atoms with van der Waals surface area (Å²) in [5, 5.41) is 6.17. The molecule has 1 aromatic heterocycles. The molecule has 5 nitrogen and oxygen atoms in total. The van der Waals surface area contributed by atoms with Crippen LogP contribution in [0.3, 0.4) is 0 Å². The van der Waals surface area contributed by atoms with Crippen LogP contribution in [0.1, 0.15) is 22.3 Å². The summed E-state index contributed by atoms with van der Waals surface area (Å²) in [4.78, 5) is 16.4. The first kappa shape index (κ1) is 13.4. The number of nitrogens with one attached hydrogen (secondary N) is 2. The molecule has 1 aliphatic heterocycles. The normalized spacial score (nSPS) is 13.0. The van der Waals surface area contributed by atoms with E-state index >= 15 is 0 Å². The average molecular weight is 283 g/mol. The summed E-state index contributed by atoms with van der Waals surface area (Å²) in [6.07, 6.45) is 3.72. The number of benzene rings is 1. The molecule has 2 heterocycles. The van der Waals surface area contributed by atoms with Crippen LogP contribution in [0.15, 0.2) is 36.5 Å². The number of amides is 1. The Morgan fingerprint density at radius 2 is 2.29 bits per heavy atom. The Balaban J connectivity index is 1.82. The van der Waals surface area contributed by atoms with Gasteiger partial charge in [-0.3, -0.25) is 4.79 Å². The van der Waals surface area contributed by atoms with E-state index in [0.29, 0.717) is 17.1 Å². The van der Waals surface area contributed by atoms with Gasteiger partial charge in [0, 0.05) is 24.0 Å². The summed E-state index contributed by atoms with van der Waals surface area (Å²) in [6, 6.07) is 9.26. The van der Waals surface area contributed by atoms with Crippen LogP contribution < -0.4 is 15.4 Å². The van der Waals surface area contributed by atoms with Crippen molar-refractivity contribution in [2.75, 3.05) is 24.3 Å². The number of rotatable bonds is 3. The highest BCUT2D eigenvalue weighted by Crippen LogP contribution is 2.24. The minimum Gasteiger partial charge on any atom is -0.480 e. The van der Waals surface area contributed by atoms with Crippen LogP contribution >= 0.6 is 0 Å². The number of carbonyl (C=O) groups is 1. The van der Waals surface area contributed by atoms with Gasteiger partial charge < -0.3 is 15.4 Å². The Hall–Kier alpha value is -2.56. The topological polar surface area (TPSA) is 63.2 Å². The van der Waals surface area contributed by atoms with Crippen LogP contribution in [0.4, 0.5) is 11.4 Å². The fraction of sp³-hybridized carbons (Fsp3) is 0.250. The molecule has 3 rings (SSSR count). The van der Waals surface area contributed by atoms with E-state index in [1.54, 1.807) is 18.3 Å². The van der Waals surface area contributed by atoms with E-state index in [1.165, 1.54) is 12.7 Å². The monoisotopic (exact) mass is 283 g/mol. The smallest absolute Gasteiger partial charge is 0.255 e. The molecule has 2 aromatic rings. The van der Waals surface area contributed by atoms with Crippen LogP contribution in [-0.2, 0) is 6.42 Å². The van der Waals surface area contributed by atoms with Gasteiger partial charge in [0.1, 0.15) is 5.69 Å². The number of hydrogen-bond donors (Lipinski definition) is 2. The maximum Gasteiger partial charge on any atom is 0.255 e. The highest BCUT2D eigenvalue weighted by Gasteiger charge is 2.14. The molecule has 0 fully saturated rings. The Morgan fingerprint density at radius 3 is 3.14 bits per heavy atom. The van der Waals surface area contributed by atoms with Gasteiger partial charge in [0.25, 0.3) is 5.91 Å². The lowest BCUT2D eigenvalue weighted by Crippen LogP contribution is -2.16. The summed E-state index contributed by atoms with van der Waals surface area (Å²) in [5.74, 6) is 0.250. The summed E-state index contributed by atoms with van der Waals surface area (Å²) in [5.41, 5.74) is 3.52. The summed E-state index contributed by atoms with van der Waals surface area (Å²) in [7, 11) is 1.53. The molecule has 0 unspecified atom stereocenters. The van der Waals surface area contributed by atoms with Crippen LogP contribution in [0.25, 0.3) is 0 Å². The largest absolute Gasteiger partial charge is 0.480 e. The van der Waals surface area contributed by atoms with Gasteiger partial charge in [-0.05, 0) is 48.7 Å². The van der Waals surface area contributed by atoms with E-state index in [2.05, 4.69) is 15.6 Å². The molecular formula is C16H17N3O2. The Kier molecular flexibility index (Phi) is 3.73. The molecule has 2 N–H and O–H groups in total. The minimum atomic E-state index is -0.158. The van der Waals surface area contributed by atoms with E-state index in [1.807, 2.05) is 18.2 Å². The summed E-state index contributed by atoms with van der Waals surface area (Å²) < 4.78 is 5.14. The maximum atomic E-state index is 12.4. The molecule has 1 aromatic carbocycles. The van der Waals surface area contributed by atoms with Gasteiger partial charge in [0.2, 0.25) is 5.88 Å². The second-order valence-electron chi connectivity index (χ2n) is 4.92. The lowest BCUT2D eigenvalue weighted by Gasteiger charge is -2.18. The number of ether oxygens (including phenoxy) is 1. The van der Waals surface area contributed by atoms with Crippen molar-refractivity contribution >= 4 is 17.3 Å². The molecule has 0 radical (unpaired) electrons. The van der Waals surface area contributed by atoms with Gasteiger partial charge in [-0.2, -0.15) is 0 Å². The van der Waals surface area contributed by atoms with E-state index < -0.39 is 0 Å². The third-order valence-corrected chi connectivity index (χ3v) is 3.52. The van der Waals surface area contributed by atoms with Gasteiger partial charge in [0.15, 0.2) is 0 Å². The van der Waals surface area contributed by atoms with E-state index in [-0.39, 0.29) is 5.91 Å². The van der Waals surface area contributed by atoms with Crippen LogP contribution in [0.2, 0.25) is 0 Å². The Bertz CT molecular complexity index is 670. The molecule has 0 spiro atoms. The van der Waals surface area contributed by atoms with Gasteiger partial charge in [-0.25, -0.2) is 4.98 Å². The zero-order valence-electron chi connectivity index (χ0n) is 11.8. The highest BCUT2D eigenvalue weighted by molar-refractivity contribution is 6.05. The first-order valence-corrected chi connectivity index (χ1v) is 6.95. The van der Waals surface area contributed by atoms with E-state index in [9.17, 15) is 4.79 Å². The number of aromatic nitrogens is 1. The van der Waals surface area contributed by atoms with E-state index in [4.69, 9.17) is 4.74 Å². The van der Waals surface area contributed by atoms with E-state index in [0.717, 1.165) is 25.1 Å². The fourth-order valence-electron chi connectivity index (χ4n) is 2.46. The Labute approximate surface area is 123 Å². The van der Waals surface area contributed by atoms with Gasteiger partial charge in [-0.15, -0.1) is 0 Å². The molecule has 108 valence electrons. The zero-order valence-corrected chi connectivity index (χ0v) is 11.8. The number of nitrogens with zero attached hydrogens (tertiary/aromatic N) is 1. The van der Waals surface area contributed by atoms with Crippen LogP contribution in [-0.4, -0.2) is 24.5 Å². The number of hydrogen-bond acceptors (Lipinski definition) is 4. The molecule has 21 heavy (non-hydrogen) atoms. The predicted molar refractivity (Wildman–Crippen MR) is 82.0 cm³/mol. The third-order valence-electron chi connectivity index (χ3n) is 3.52. The quantitative estimate of drug-likeness (QED) is 0.909. The summed E-state index contributed by atoms with van der Waals surface area (Å²) in [6.45, 7) is 0.991. The third kappa shape index (κ3) is 2.81. The summed E-state index contributed by atoms with van der Waals surface area (Å²) >= 11 is 0. The van der Waals surface area contributed by atoms with Crippen molar-refractivity contribution in [3.63, 3.8) is 0 Å². The Morgan fingerprint density at radius 1 is 1.38 bits per heavy atom. The SMILES string of the molecule is COc1ncccc1NC(=O)c1ccc2c(c1)CCCN2. The molecule has 0 aliphatic carbocycles. The number of methoxy groups -OCH3 is 1. The van der Waals surface area contributed by atoms with Crippen molar-refractivity contribution in [3.8, 4) is 5.88 Å². The number of carbonyl (C=O) groups excluding carboxylic acids is 1. The van der Waals surface area contributed by atoms with Gasteiger partial charge >= 0.3 is 0 Å². The molecular weight excluding hydrogens is 266 g/mol. The van der Waals surface area contributed by atoms with Crippen molar-refractivity contribution in [1.29, 1.82) is 0 Å². The zero-order chi connectivity index (χ0) is 14.7. The van der Waals surface area contributed by atoms with Crippen molar-refractivity contribution in [3.05, 3.63) is 47.7 Å². The van der Waals surface area contributed by atoms with Gasteiger partial charge in [-0.1, -0.05) is 0 Å². The van der Waals surface area contributed by atoms with Crippen molar-refractivity contribution in [2.45, 2.75) is 12.8 Å². The van der Waals surface area contributed by atoms with Crippen molar-refractivity contribution < 1.29 is 9.53 Å². The molecule has 0 saturated carbocycles. The fourth-order valence-corrected chi connectivity index (χ4v) is 2.46. The predicted octanol–water partition coefficient (Wildman–Crippen LogP) is 2.70. The van der Waals surface area contributed by atoms with Crippen LogP contribution in [0.5, 0.6) is 5.88 Å². The molecule has 5 heteroatoms. The van der Waals surface area contributed by atoms with Crippen LogP contribution in [0, 0.1) is 0 Å². The lowest BCUT2D eigenvalue weighted by molar-refractivity contribution is 0.102. The number of anilines is 2. The lowest BCUT2D eigenvalue weighted by atomic mass is 10.0. The minimum absolute atomic E-state index is 0.158. The highest BCUT2D eigenvalue weighted by atomic mass is 16.5. The molecule has 1 aliphatic rings. The standard InChI is InChI=1S/C16H17N3O2/c1-21-16-14(5-3-9-18-16)19-15(20)12-6-7-13-11(10-12)4-2-8-17-13/h3,5-7,9-10,17H,2,4,8H2,1H3,(H,19,20). The number of pyridine rings is 1. The molecule has 0 atom stereocenters. The molecule has 1 amide bonds. The molecule has 0 bridgehead atoms. The first-order valence-electron chi connectivity index (χ1n) is 6.95. The van der Waals surface area contributed by atoms with Crippen molar-refractivity contribution in [1.82, 2.24) is 4.98 Å². The first-order chi connectivity index (χ1) is 10.3. The number of fused-ring (bicyclic) bond motifs is 1. The molecule has 0 saturated heterocycles. The van der Waals surface area contributed by atoms with Crippen molar-refractivity contribution in [2.24, 2.45) is 0 Å². The maximum absolute atomic E-state index is 12.4. The average Bonchev–Trinajstić information content (AvgIpc) is 2.55. The number of aryl methyl sites for hydroxylation is 1. The second kappa shape index (κ2) is 5.83.